The Morgan fingerprint density at radius 1 is 1.12 bits per heavy atom. The predicted molar refractivity (Wildman–Crippen MR) is 94.3 cm³/mol. The molecule has 0 aromatic carbocycles. The number of ether oxygens (including phenoxy) is 1. The van der Waals surface area contributed by atoms with E-state index in [2.05, 4.69) is 33.1 Å². The number of hydrogen-bond acceptors (Lipinski definition) is 6. The van der Waals surface area contributed by atoms with Crippen molar-refractivity contribution in [3.63, 3.8) is 0 Å². The molecule has 25 heavy (non-hydrogen) atoms. The summed E-state index contributed by atoms with van der Waals surface area (Å²) in [5, 5.41) is 0. The summed E-state index contributed by atoms with van der Waals surface area (Å²) in [6.45, 7) is 4.23. The Morgan fingerprint density at radius 2 is 2.04 bits per heavy atom. The van der Waals surface area contributed by atoms with Crippen LogP contribution < -0.4 is 4.90 Å². The molecular formula is C19H23N5O. The van der Waals surface area contributed by atoms with Crippen LogP contribution in [0.3, 0.4) is 0 Å². The Bertz CT molecular complexity index is 747. The summed E-state index contributed by atoms with van der Waals surface area (Å²) in [6.07, 6.45) is 7.42. The smallest absolute Gasteiger partial charge is 0.225 e. The molecule has 3 aliphatic rings. The SMILES string of the molecule is c1ccc(CN2C3CCC2c2cnc(N4CCOCC4)nc2C3)nc1. The third-order valence-corrected chi connectivity index (χ3v) is 5.68. The lowest BCUT2D eigenvalue weighted by atomic mass is 9.99. The Morgan fingerprint density at radius 3 is 2.88 bits per heavy atom. The zero-order chi connectivity index (χ0) is 16.6. The number of morpholine rings is 1. The second-order valence-corrected chi connectivity index (χ2v) is 7.12. The number of anilines is 1. The molecule has 130 valence electrons. The summed E-state index contributed by atoms with van der Waals surface area (Å²) in [6, 6.07) is 7.18. The first-order valence-corrected chi connectivity index (χ1v) is 9.22. The molecule has 0 saturated carbocycles. The van der Waals surface area contributed by atoms with Crippen molar-refractivity contribution < 1.29 is 4.74 Å². The van der Waals surface area contributed by atoms with Gasteiger partial charge in [-0.2, -0.15) is 0 Å². The molecule has 2 bridgehead atoms. The van der Waals surface area contributed by atoms with Gasteiger partial charge in [-0.15, -0.1) is 0 Å². The van der Waals surface area contributed by atoms with Crippen molar-refractivity contribution in [3.8, 4) is 0 Å². The molecule has 5 heterocycles. The molecule has 2 fully saturated rings. The molecule has 6 nitrogen and oxygen atoms in total. The summed E-state index contributed by atoms with van der Waals surface area (Å²) < 4.78 is 5.44. The molecule has 5 rings (SSSR count). The third kappa shape index (κ3) is 2.79. The maximum absolute atomic E-state index is 5.44. The van der Waals surface area contributed by atoms with Crippen LogP contribution in [-0.2, 0) is 17.7 Å². The first kappa shape index (κ1) is 15.2. The zero-order valence-corrected chi connectivity index (χ0v) is 14.3. The number of fused-ring (bicyclic) bond motifs is 4. The molecule has 6 heteroatoms. The van der Waals surface area contributed by atoms with E-state index < -0.39 is 0 Å². The van der Waals surface area contributed by atoms with Crippen LogP contribution in [0.15, 0.2) is 30.6 Å². The molecule has 0 spiro atoms. The van der Waals surface area contributed by atoms with Crippen LogP contribution in [0.1, 0.15) is 35.8 Å². The Labute approximate surface area is 147 Å². The molecule has 2 unspecified atom stereocenters. The van der Waals surface area contributed by atoms with Crippen LogP contribution in [-0.4, -0.2) is 52.2 Å². The van der Waals surface area contributed by atoms with Crippen LogP contribution in [0.4, 0.5) is 5.95 Å². The molecule has 0 amide bonds. The van der Waals surface area contributed by atoms with E-state index in [0.717, 1.165) is 50.9 Å². The Kier molecular flexibility index (Phi) is 3.87. The average molecular weight is 337 g/mol. The molecule has 2 saturated heterocycles. The van der Waals surface area contributed by atoms with Gasteiger partial charge < -0.3 is 9.64 Å². The molecular weight excluding hydrogens is 314 g/mol. The minimum atomic E-state index is 0.439. The summed E-state index contributed by atoms with van der Waals surface area (Å²) in [7, 11) is 0. The summed E-state index contributed by atoms with van der Waals surface area (Å²) in [5.41, 5.74) is 3.72. The van der Waals surface area contributed by atoms with Gasteiger partial charge in [0.15, 0.2) is 0 Å². The maximum Gasteiger partial charge on any atom is 0.225 e. The van der Waals surface area contributed by atoms with E-state index in [9.17, 15) is 0 Å². The highest BCUT2D eigenvalue weighted by molar-refractivity contribution is 5.37. The van der Waals surface area contributed by atoms with Gasteiger partial charge in [0.25, 0.3) is 0 Å². The summed E-state index contributed by atoms with van der Waals surface area (Å²) >= 11 is 0. The van der Waals surface area contributed by atoms with E-state index in [1.165, 1.54) is 24.1 Å². The molecule has 3 aliphatic heterocycles. The van der Waals surface area contributed by atoms with Gasteiger partial charge in [0.2, 0.25) is 5.95 Å². The minimum Gasteiger partial charge on any atom is -0.378 e. The highest BCUT2D eigenvalue weighted by Crippen LogP contribution is 2.43. The van der Waals surface area contributed by atoms with E-state index in [1.54, 1.807) is 0 Å². The van der Waals surface area contributed by atoms with Crippen LogP contribution >= 0.6 is 0 Å². The quantitative estimate of drug-likeness (QED) is 0.853. The lowest BCUT2D eigenvalue weighted by Crippen LogP contribution is -2.40. The molecule has 0 N–H and O–H groups in total. The number of pyridine rings is 1. The number of nitrogens with zero attached hydrogens (tertiary/aromatic N) is 5. The van der Waals surface area contributed by atoms with Gasteiger partial charge in [0.1, 0.15) is 0 Å². The largest absolute Gasteiger partial charge is 0.378 e. The normalized spacial score (nSPS) is 25.8. The van der Waals surface area contributed by atoms with Gasteiger partial charge in [-0.05, 0) is 25.0 Å². The molecule has 0 aliphatic carbocycles. The number of rotatable bonds is 3. The van der Waals surface area contributed by atoms with Crippen molar-refractivity contribution in [3.05, 3.63) is 47.5 Å². The second kappa shape index (κ2) is 6.35. The van der Waals surface area contributed by atoms with Crippen LogP contribution in [0.25, 0.3) is 0 Å². The third-order valence-electron chi connectivity index (χ3n) is 5.68. The average Bonchev–Trinajstić information content (AvgIpc) is 2.95. The maximum atomic E-state index is 5.44. The van der Waals surface area contributed by atoms with Crippen molar-refractivity contribution in [2.24, 2.45) is 0 Å². The fraction of sp³-hybridized carbons (Fsp3) is 0.526. The van der Waals surface area contributed by atoms with Crippen molar-refractivity contribution in [1.29, 1.82) is 0 Å². The molecule has 2 aromatic heterocycles. The van der Waals surface area contributed by atoms with Crippen molar-refractivity contribution >= 4 is 5.95 Å². The van der Waals surface area contributed by atoms with Crippen molar-refractivity contribution in [1.82, 2.24) is 19.9 Å². The number of aromatic nitrogens is 3. The Hall–Kier alpha value is -2.05. The zero-order valence-electron chi connectivity index (χ0n) is 14.3. The lowest BCUT2D eigenvalue weighted by molar-refractivity contribution is 0.122. The summed E-state index contributed by atoms with van der Waals surface area (Å²) in [5.74, 6) is 0.875. The monoisotopic (exact) mass is 337 g/mol. The van der Waals surface area contributed by atoms with Crippen molar-refractivity contribution in [2.75, 3.05) is 31.2 Å². The fourth-order valence-electron chi connectivity index (χ4n) is 4.40. The first-order valence-electron chi connectivity index (χ1n) is 9.22. The molecule has 0 radical (unpaired) electrons. The predicted octanol–water partition coefficient (Wildman–Crippen LogP) is 1.97. The second-order valence-electron chi connectivity index (χ2n) is 7.12. The van der Waals surface area contributed by atoms with Gasteiger partial charge in [0, 0.05) is 56.1 Å². The minimum absolute atomic E-state index is 0.439. The van der Waals surface area contributed by atoms with E-state index in [-0.39, 0.29) is 0 Å². The topological polar surface area (TPSA) is 54.4 Å². The van der Waals surface area contributed by atoms with Crippen LogP contribution in [0, 0.1) is 0 Å². The lowest BCUT2D eigenvalue weighted by Gasteiger charge is -2.36. The van der Waals surface area contributed by atoms with E-state index >= 15 is 0 Å². The van der Waals surface area contributed by atoms with Gasteiger partial charge in [-0.1, -0.05) is 6.07 Å². The van der Waals surface area contributed by atoms with Crippen molar-refractivity contribution in [2.45, 2.75) is 37.9 Å². The van der Waals surface area contributed by atoms with Crippen LogP contribution in [0.5, 0.6) is 0 Å². The molecule has 2 aromatic rings. The molecule has 2 atom stereocenters. The number of hydrogen-bond donors (Lipinski definition) is 0. The van der Waals surface area contributed by atoms with Gasteiger partial charge >= 0.3 is 0 Å². The fourth-order valence-corrected chi connectivity index (χ4v) is 4.40. The Balaban J connectivity index is 1.40. The van der Waals surface area contributed by atoms with Crippen LogP contribution in [0.2, 0.25) is 0 Å². The standard InChI is InChI=1S/C19H23N5O/c1-2-6-20-14(3-1)13-24-15-4-5-18(24)16-12-21-19(22-17(16)11-15)23-7-9-25-10-8-23/h1-3,6,12,15,18H,4-5,7-11,13H2. The van der Waals surface area contributed by atoms with E-state index in [4.69, 9.17) is 14.7 Å². The summed E-state index contributed by atoms with van der Waals surface area (Å²) in [4.78, 5) is 19.0. The van der Waals surface area contributed by atoms with Gasteiger partial charge in [-0.25, -0.2) is 9.97 Å². The van der Waals surface area contributed by atoms with Gasteiger partial charge in [-0.3, -0.25) is 9.88 Å². The van der Waals surface area contributed by atoms with Gasteiger partial charge in [0.05, 0.1) is 24.6 Å². The van der Waals surface area contributed by atoms with E-state index in [0.29, 0.717) is 12.1 Å². The van der Waals surface area contributed by atoms with E-state index in [1.807, 2.05) is 12.3 Å². The first-order chi connectivity index (χ1) is 12.4. The highest BCUT2D eigenvalue weighted by atomic mass is 16.5. The highest BCUT2D eigenvalue weighted by Gasteiger charge is 2.41.